The van der Waals surface area contributed by atoms with Gasteiger partial charge < -0.3 is 9.84 Å². The highest BCUT2D eigenvalue weighted by Crippen LogP contribution is 2.20. The zero-order valence-electron chi connectivity index (χ0n) is 7.98. The van der Waals surface area contributed by atoms with Gasteiger partial charge in [-0.15, -0.1) is 0 Å². The molecule has 0 aliphatic rings. The van der Waals surface area contributed by atoms with Crippen molar-refractivity contribution in [2.24, 2.45) is 0 Å². The van der Waals surface area contributed by atoms with Crippen molar-refractivity contribution >= 4 is 5.97 Å². The van der Waals surface area contributed by atoms with Crippen molar-refractivity contribution < 1.29 is 23.4 Å². The molecular weight excluding hydrogens is 206 g/mol. The lowest BCUT2D eigenvalue weighted by Gasteiger charge is -2.09. The third-order valence-electron chi connectivity index (χ3n) is 1.91. The van der Waals surface area contributed by atoms with Crippen molar-refractivity contribution in [3.05, 3.63) is 35.4 Å². The predicted molar refractivity (Wildman–Crippen MR) is 48.7 cm³/mol. The number of hydrogen-bond donors (Lipinski definition) is 1. The maximum Gasteiger partial charge on any atom is 0.337 e. The van der Waals surface area contributed by atoms with E-state index in [1.165, 1.54) is 31.4 Å². The lowest BCUT2D eigenvalue weighted by atomic mass is 10.1. The second-order valence-electron chi connectivity index (χ2n) is 2.89. The van der Waals surface area contributed by atoms with Gasteiger partial charge in [0.25, 0.3) is 6.43 Å². The van der Waals surface area contributed by atoms with Gasteiger partial charge in [0.2, 0.25) is 0 Å². The number of esters is 1. The van der Waals surface area contributed by atoms with Gasteiger partial charge in [0.05, 0.1) is 12.7 Å². The Morgan fingerprint density at radius 3 is 2.27 bits per heavy atom. The van der Waals surface area contributed by atoms with Gasteiger partial charge in [-0.2, -0.15) is 0 Å². The number of aliphatic hydroxyl groups is 1. The first-order chi connectivity index (χ1) is 7.06. The van der Waals surface area contributed by atoms with Gasteiger partial charge in [-0.05, 0) is 17.7 Å². The van der Waals surface area contributed by atoms with Crippen LogP contribution in [0.15, 0.2) is 24.3 Å². The maximum absolute atomic E-state index is 12.1. The van der Waals surface area contributed by atoms with Gasteiger partial charge in [0, 0.05) is 0 Å². The van der Waals surface area contributed by atoms with E-state index in [4.69, 9.17) is 5.11 Å². The minimum atomic E-state index is -2.84. The molecule has 1 aromatic carbocycles. The first-order valence-electron chi connectivity index (χ1n) is 4.20. The van der Waals surface area contributed by atoms with E-state index in [2.05, 4.69) is 4.74 Å². The Labute approximate surface area is 85.3 Å². The van der Waals surface area contributed by atoms with Crippen LogP contribution in [0.1, 0.15) is 22.0 Å². The lowest BCUT2D eigenvalue weighted by molar-refractivity contribution is -0.00578. The van der Waals surface area contributed by atoms with E-state index >= 15 is 0 Å². The van der Waals surface area contributed by atoms with Crippen LogP contribution >= 0.6 is 0 Å². The highest BCUT2D eigenvalue weighted by Gasteiger charge is 2.19. The highest BCUT2D eigenvalue weighted by atomic mass is 19.3. The smallest absolute Gasteiger partial charge is 0.337 e. The molecule has 0 heterocycles. The SMILES string of the molecule is COC(=O)c1ccc(C(O)C(F)F)cc1. The Bertz CT molecular complexity index is 335. The van der Waals surface area contributed by atoms with Crippen molar-refractivity contribution in [2.75, 3.05) is 7.11 Å². The highest BCUT2D eigenvalue weighted by molar-refractivity contribution is 5.89. The van der Waals surface area contributed by atoms with Crippen molar-refractivity contribution in [3.63, 3.8) is 0 Å². The van der Waals surface area contributed by atoms with Crippen molar-refractivity contribution in [3.8, 4) is 0 Å². The van der Waals surface area contributed by atoms with Gasteiger partial charge in [-0.3, -0.25) is 0 Å². The van der Waals surface area contributed by atoms with Crippen LogP contribution in [0.25, 0.3) is 0 Å². The number of ether oxygens (including phenoxy) is 1. The fourth-order valence-corrected chi connectivity index (χ4v) is 1.08. The van der Waals surface area contributed by atoms with Crippen LogP contribution in [0, 0.1) is 0 Å². The van der Waals surface area contributed by atoms with Crippen LogP contribution in [-0.4, -0.2) is 24.6 Å². The number of hydrogen-bond acceptors (Lipinski definition) is 3. The normalized spacial score (nSPS) is 12.6. The number of benzene rings is 1. The number of carbonyl (C=O) groups is 1. The number of rotatable bonds is 3. The molecule has 3 nitrogen and oxygen atoms in total. The van der Waals surface area contributed by atoms with Gasteiger partial charge in [0.1, 0.15) is 6.10 Å². The van der Waals surface area contributed by atoms with Crippen LogP contribution in [0.5, 0.6) is 0 Å². The molecule has 0 saturated heterocycles. The zero-order chi connectivity index (χ0) is 11.4. The standard InChI is InChI=1S/C10H10F2O3/c1-15-10(14)7-4-2-6(3-5-7)8(13)9(11)12/h2-5,8-9,13H,1H3. The molecule has 1 aromatic rings. The van der Waals surface area contributed by atoms with Crippen LogP contribution in [-0.2, 0) is 4.74 Å². The molecule has 0 saturated carbocycles. The molecule has 0 bridgehead atoms. The second-order valence-corrected chi connectivity index (χ2v) is 2.89. The quantitative estimate of drug-likeness (QED) is 0.783. The number of carbonyl (C=O) groups excluding carboxylic acids is 1. The summed E-state index contributed by atoms with van der Waals surface area (Å²) in [5.41, 5.74) is 0.320. The molecule has 0 fully saturated rings. The van der Waals surface area contributed by atoms with Gasteiger partial charge >= 0.3 is 5.97 Å². The molecule has 5 heteroatoms. The Balaban J connectivity index is 2.85. The molecule has 0 amide bonds. The second kappa shape index (κ2) is 4.84. The summed E-state index contributed by atoms with van der Waals surface area (Å²) >= 11 is 0. The van der Waals surface area contributed by atoms with Gasteiger partial charge in [-0.1, -0.05) is 12.1 Å². The Morgan fingerprint density at radius 1 is 1.33 bits per heavy atom. The van der Waals surface area contributed by atoms with E-state index in [9.17, 15) is 13.6 Å². The Kier molecular flexibility index (Phi) is 3.74. The summed E-state index contributed by atoms with van der Waals surface area (Å²) in [5.74, 6) is -0.548. The summed E-state index contributed by atoms with van der Waals surface area (Å²) in [6.45, 7) is 0. The zero-order valence-corrected chi connectivity index (χ0v) is 7.98. The average Bonchev–Trinajstić information content (AvgIpc) is 2.27. The summed E-state index contributed by atoms with van der Waals surface area (Å²) in [4.78, 5) is 11.0. The Hall–Kier alpha value is -1.49. The van der Waals surface area contributed by atoms with Crippen LogP contribution < -0.4 is 0 Å². The van der Waals surface area contributed by atoms with Gasteiger partial charge in [-0.25, -0.2) is 13.6 Å². The topological polar surface area (TPSA) is 46.5 Å². The lowest BCUT2D eigenvalue weighted by Crippen LogP contribution is -2.08. The summed E-state index contributed by atoms with van der Waals surface area (Å²) in [7, 11) is 1.23. The van der Waals surface area contributed by atoms with Crippen LogP contribution in [0.3, 0.4) is 0 Å². The molecule has 0 spiro atoms. The first kappa shape index (κ1) is 11.6. The number of alkyl halides is 2. The summed E-state index contributed by atoms with van der Waals surface area (Å²) in [6.07, 6.45) is -4.66. The summed E-state index contributed by atoms with van der Waals surface area (Å²) in [6, 6.07) is 5.19. The van der Waals surface area contributed by atoms with Crippen LogP contribution in [0.2, 0.25) is 0 Å². The van der Waals surface area contributed by atoms with Crippen molar-refractivity contribution in [1.29, 1.82) is 0 Å². The van der Waals surface area contributed by atoms with E-state index in [1.54, 1.807) is 0 Å². The largest absolute Gasteiger partial charge is 0.465 e. The Morgan fingerprint density at radius 2 is 1.87 bits per heavy atom. The van der Waals surface area contributed by atoms with Crippen LogP contribution in [0.4, 0.5) is 8.78 Å². The van der Waals surface area contributed by atoms with E-state index in [1.807, 2.05) is 0 Å². The van der Waals surface area contributed by atoms with E-state index in [0.29, 0.717) is 0 Å². The first-order valence-corrected chi connectivity index (χ1v) is 4.20. The third kappa shape index (κ3) is 2.73. The summed E-state index contributed by atoms with van der Waals surface area (Å²) < 4.78 is 28.6. The third-order valence-corrected chi connectivity index (χ3v) is 1.91. The molecule has 0 aliphatic carbocycles. The molecule has 1 atom stereocenters. The molecule has 0 aliphatic heterocycles. The fraction of sp³-hybridized carbons (Fsp3) is 0.300. The monoisotopic (exact) mass is 216 g/mol. The number of halogens is 2. The molecular formula is C10H10F2O3. The van der Waals surface area contributed by atoms with Gasteiger partial charge in [0.15, 0.2) is 0 Å². The fourth-order valence-electron chi connectivity index (χ4n) is 1.08. The van der Waals surface area contributed by atoms with E-state index < -0.39 is 18.5 Å². The van der Waals surface area contributed by atoms with Crippen molar-refractivity contribution in [2.45, 2.75) is 12.5 Å². The van der Waals surface area contributed by atoms with E-state index in [-0.39, 0.29) is 11.1 Å². The summed E-state index contributed by atoms with van der Waals surface area (Å²) in [5, 5.41) is 9.02. The minimum Gasteiger partial charge on any atom is -0.465 e. The maximum atomic E-state index is 12.1. The molecule has 0 radical (unpaired) electrons. The van der Waals surface area contributed by atoms with E-state index in [0.717, 1.165) is 0 Å². The molecule has 15 heavy (non-hydrogen) atoms. The molecule has 1 N–H and O–H groups in total. The molecule has 1 rings (SSSR count). The minimum absolute atomic E-state index is 0.0673. The number of methoxy groups -OCH3 is 1. The average molecular weight is 216 g/mol. The molecule has 0 aromatic heterocycles. The predicted octanol–water partition coefficient (Wildman–Crippen LogP) is 1.77. The number of aliphatic hydroxyl groups excluding tert-OH is 1. The van der Waals surface area contributed by atoms with Crippen molar-refractivity contribution in [1.82, 2.24) is 0 Å². The molecule has 82 valence electrons. The molecule has 1 unspecified atom stereocenters.